The fraction of sp³-hybridized carbons (Fsp3) is 0.231. The summed E-state index contributed by atoms with van der Waals surface area (Å²) < 4.78 is 10.5. The minimum absolute atomic E-state index is 0.0818. The lowest BCUT2D eigenvalue weighted by Gasteiger charge is -2.00. The van der Waals surface area contributed by atoms with Crippen molar-refractivity contribution in [3.63, 3.8) is 0 Å². The number of anilines is 1. The summed E-state index contributed by atoms with van der Waals surface area (Å²) >= 11 is 0. The van der Waals surface area contributed by atoms with Crippen LogP contribution in [0.25, 0.3) is 11.1 Å². The van der Waals surface area contributed by atoms with Gasteiger partial charge in [-0.25, -0.2) is 0 Å². The molecule has 8 heteroatoms. The number of nitrogens with one attached hydrogen (secondary N) is 1. The van der Waals surface area contributed by atoms with Crippen molar-refractivity contribution in [3.8, 4) is 0 Å². The summed E-state index contributed by atoms with van der Waals surface area (Å²) in [4.78, 5) is 14.6. The molecule has 0 fully saturated rings. The Hall–Kier alpha value is -2.90. The zero-order valence-electron chi connectivity index (χ0n) is 11.4. The van der Waals surface area contributed by atoms with Crippen molar-refractivity contribution >= 4 is 22.8 Å². The molecule has 0 aliphatic carbocycles. The highest BCUT2D eigenvalue weighted by Crippen LogP contribution is 2.27. The van der Waals surface area contributed by atoms with E-state index in [4.69, 9.17) is 8.94 Å². The van der Waals surface area contributed by atoms with E-state index >= 15 is 0 Å². The zero-order valence-corrected chi connectivity index (χ0v) is 11.4. The Bertz CT molecular complexity index is 801. The van der Waals surface area contributed by atoms with E-state index in [1.807, 2.05) is 13.8 Å². The first-order valence-electron chi connectivity index (χ1n) is 6.26. The average molecular weight is 288 g/mol. The number of fused-ring (bicyclic) bond motifs is 1. The van der Waals surface area contributed by atoms with Crippen molar-refractivity contribution < 1.29 is 13.9 Å². The minimum Gasteiger partial charge on any atom is -0.423 e. The molecule has 0 atom stereocenters. The van der Waals surface area contributed by atoms with Crippen LogP contribution >= 0.6 is 0 Å². The maximum atomic E-state index is 10.9. The molecule has 0 amide bonds. The zero-order chi connectivity index (χ0) is 15.0. The van der Waals surface area contributed by atoms with Crippen LogP contribution in [-0.4, -0.2) is 15.1 Å². The highest BCUT2D eigenvalue weighted by atomic mass is 16.6. The van der Waals surface area contributed by atoms with Crippen molar-refractivity contribution in [2.45, 2.75) is 20.4 Å². The third-order valence-corrected chi connectivity index (χ3v) is 3.19. The van der Waals surface area contributed by atoms with E-state index < -0.39 is 4.92 Å². The van der Waals surface area contributed by atoms with Crippen molar-refractivity contribution in [2.75, 3.05) is 5.32 Å². The third-order valence-electron chi connectivity index (χ3n) is 3.19. The Morgan fingerprint density at radius 2 is 2.19 bits per heavy atom. The smallest absolute Gasteiger partial charge is 0.298 e. The fourth-order valence-electron chi connectivity index (χ4n) is 2.08. The first-order chi connectivity index (χ1) is 10.1. The number of para-hydroxylation sites is 1. The second-order valence-electron chi connectivity index (χ2n) is 4.56. The molecule has 8 nitrogen and oxygen atoms in total. The monoisotopic (exact) mass is 288 g/mol. The van der Waals surface area contributed by atoms with Crippen LogP contribution in [0.5, 0.6) is 0 Å². The molecule has 1 aromatic carbocycles. The number of aromatic nitrogens is 2. The molecule has 2 aromatic heterocycles. The summed E-state index contributed by atoms with van der Waals surface area (Å²) in [5.74, 6) is 0.710. The largest absolute Gasteiger partial charge is 0.423 e. The van der Waals surface area contributed by atoms with Gasteiger partial charge in [-0.15, -0.1) is 0 Å². The van der Waals surface area contributed by atoms with E-state index in [9.17, 15) is 10.1 Å². The lowest BCUT2D eigenvalue weighted by Crippen LogP contribution is -2.01. The summed E-state index contributed by atoms with van der Waals surface area (Å²) in [6.07, 6.45) is 0. The lowest BCUT2D eigenvalue weighted by atomic mass is 10.2. The summed E-state index contributed by atoms with van der Waals surface area (Å²) in [5.41, 5.74) is 2.20. The van der Waals surface area contributed by atoms with E-state index in [2.05, 4.69) is 15.5 Å². The molecule has 0 aliphatic rings. The van der Waals surface area contributed by atoms with Crippen molar-refractivity contribution in [3.05, 3.63) is 45.3 Å². The van der Waals surface area contributed by atoms with E-state index in [1.165, 1.54) is 6.07 Å². The minimum atomic E-state index is -0.483. The first kappa shape index (κ1) is 13.1. The molecule has 0 unspecified atom stereocenters. The predicted molar refractivity (Wildman–Crippen MR) is 74.0 cm³/mol. The maximum absolute atomic E-state index is 10.9. The molecule has 108 valence electrons. The third kappa shape index (κ3) is 2.31. The van der Waals surface area contributed by atoms with Gasteiger partial charge in [0, 0.05) is 18.2 Å². The van der Waals surface area contributed by atoms with Gasteiger partial charge in [-0.2, -0.15) is 4.98 Å². The summed E-state index contributed by atoms with van der Waals surface area (Å²) in [6, 6.07) is 4.81. The van der Waals surface area contributed by atoms with Gasteiger partial charge >= 0.3 is 0 Å². The molecule has 0 saturated heterocycles. The van der Waals surface area contributed by atoms with Gasteiger partial charge in [0.2, 0.25) is 0 Å². The number of non-ortho nitro benzene ring substituents is 1. The number of rotatable bonds is 4. The molecular weight excluding hydrogens is 276 g/mol. The van der Waals surface area contributed by atoms with Gasteiger partial charge in [0.15, 0.2) is 11.1 Å². The summed E-state index contributed by atoms with van der Waals surface area (Å²) in [5, 5.41) is 17.8. The molecule has 2 heterocycles. The Labute approximate surface area is 118 Å². The average Bonchev–Trinajstić information content (AvgIpc) is 3.00. The van der Waals surface area contributed by atoms with Gasteiger partial charge in [0.1, 0.15) is 5.76 Å². The molecule has 1 N–H and O–H groups in total. The standard InChI is InChI=1S/C13H12N4O4/c1-7-9(8(2)21-16-7)6-14-13-15-12-10(17(18)19)4-3-5-11(12)20-13/h3-5H,6H2,1-2H3,(H,14,15). The number of hydrogen-bond acceptors (Lipinski definition) is 7. The Kier molecular flexibility index (Phi) is 3.05. The Morgan fingerprint density at radius 3 is 2.86 bits per heavy atom. The SMILES string of the molecule is Cc1noc(C)c1CNc1nc2c([N+](=O)[O-])cccc2o1. The van der Waals surface area contributed by atoms with Crippen LogP contribution in [0.4, 0.5) is 11.7 Å². The van der Waals surface area contributed by atoms with Gasteiger partial charge in [-0.05, 0) is 19.9 Å². The number of nitro groups is 1. The van der Waals surface area contributed by atoms with Gasteiger partial charge in [-0.1, -0.05) is 11.2 Å². The molecule has 0 spiro atoms. The summed E-state index contributed by atoms with van der Waals surface area (Å²) in [7, 11) is 0. The van der Waals surface area contributed by atoms with E-state index in [0.717, 1.165) is 11.3 Å². The van der Waals surface area contributed by atoms with Crippen LogP contribution in [-0.2, 0) is 6.54 Å². The topological polar surface area (TPSA) is 107 Å². The molecular formula is C13H12N4O4. The van der Waals surface area contributed by atoms with Crippen molar-refractivity contribution in [1.82, 2.24) is 10.1 Å². The van der Waals surface area contributed by atoms with Crippen molar-refractivity contribution in [2.24, 2.45) is 0 Å². The molecule has 3 rings (SSSR count). The van der Waals surface area contributed by atoms with E-state index in [0.29, 0.717) is 17.9 Å². The molecule has 3 aromatic rings. The number of nitro benzene ring substituents is 1. The lowest BCUT2D eigenvalue weighted by molar-refractivity contribution is -0.383. The number of benzene rings is 1. The van der Waals surface area contributed by atoms with Crippen LogP contribution < -0.4 is 5.32 Å². The van der Waals surface area contributed by atoms with Gasteiger partial charge < -0.3 is 14.3 Å². The highest BCUT2D eigenvalue weighted by molar-refractivity contribution is 5.83. The molecule has 21 heavy (non-hydrogen) atoms. The molecule has 0 radical (unpaired) electrons. The highest BCUT2D eigenvalue weighted by Gasteiger charge is 2.17. The van der Waals surface area contributed by atoms with Crippen molar-refractivity contribution in [1.29, 1.82) is 0 Å². The number of aryl methyl sites for hydroxylation is 2. The number of hydrogen-bond donors (Lipinski definition) is 1. The second kappa shape index (κ2) is 4.89. The van der Waals surface area contributed by atoms with Gasteiger partial charge in [0.25, 0.3) is 11.7 Å². The Morgan fingerprint density at radius 1 is 1.38 bits per heavy atom. The second-order valence-corrected chi connectivity index (χ2v) is 4.56. The molecule has 0 aliphatic heterocycles. The quantitative estimate of drug-likeness (QED) is 0.580. The van der Waals surface area contributed by atoms with Crippen LogP contribution in [0.15, 0.2) is 27.1 Å². The Balaban J connectivity index is 1.88. The molecule has 0 saturated carbocycles. The predicted octanol–water partition coefficient (Wildman–Crippen LogP) is 2.95. The van der Waals surface area contributed by atoms with Gasteiger partial charge in [-0.3, -0.25) is 10.1 Å². The van der Waals surface area contributed by atoms with Crippen LogP contribution in [0.1, 0.15) is 17.0 Å². The number of nitrogens with zero attached hydrogens (tertiary/aromatic N) is 3. The van der Waals surface area contributed by atoms with Gasteiger partial charge in [0.05, 0.1) is 10.6 Å². The number of oxazole rings is 1. The fourth-order valence-corrected chi connectivity index (χ4v) is 2.08. The maximum Gasteiger partial charge on any atom is 0.298 e. The van der Waals surface area contributed by atoms with Crippen LogP contribution in [0.3, 0.4) is 0 Å². The van der Waals surface area contributed by atoms with E-state index in [-0.39, 0.29) is 17.2 Å². The van der Waals surface area contributed by atoms with Crippen LogP contribution in [0.2, 0.25) is 0 Å². The molecule has 0 bridgehead atoms. The first-order valence-corrected chi connectivity index (χ1v) is 6.26. The van der Waals surface area contributed by atoms with E-state index in [1.54, 1.807) is 12.1 Å². The van der Waals surface area contributed by atoms with Crippen LogP contribution in [0, 0.1) is 24.0 Å². The normalized spacial score (nSPS) is 11.0. The summed E-state index contributed by atoms with van der Waals surface area (Å²) in [6.45, 7) is 4.07.